The van der Waals surface area contributed by atoms with E-state index in [0.29, 0.717) is 17.7 Å². The highest BCUT2D eigenvalue weighted by Crippen LogP contribution is 2.08. The second kappa shape index (κ2) is 7.96. The quantitative estimate of drug-likeness (QED) is 0.828. The van der Waals surface area contributed by atoms with E-state index in [-0.39, 0.29) is 12.5 Å². The van der Waals surface area contributed by atoms with Crippen LogP contribution in [0.25, 0.3) is 0 Å². The number of benzene rings is 1. The molecule has 0 aliphatic carbocycles. The molecule has 0 aliphatic heterocycles. The van der Waals surface area contributed by atoms with Crippen molar-refractivity contribution in [3.8, 4) is 6.07 Å². The van der Waals surface area contributed by atoms with Gasteiger partial charge >= 0.3 is 5.97 Å². The van der Waals surface area contributed by atoms with E-state index >= 15 is 0 Å². The SMILES string of the molecule is N#Cc1ccc(C(=O)OCC(=O)NCCc2cccs2)cc1. The molecule has 1 aromatic heterocycles. The minimum atomic E-state index is -0.585. The first-order valence-corrected chi connectivity index (χ1v) is 7.53. The van der Waals surface area contributed by atoms with Crippen LogP contribution in [0.5, 0.6) is 0 Å². The van der Waals surface area contributed by atoms with Crippen molar-refractivity contribution in [2.24, 2.45) is 0 Å². The second-order valence-corrected chi connectivity index (χ2v) is 5.48. The number of amides is 1. The standard InChI is InChI=1S/C16H14N2O3S/c17-10-12-3-5-13(6-4-12)16(20)21-11-15(19)18-8-7-14-2-1-9-22-14/h1-6,9H,7-8,11H2,(H,18,19). The summed E-state index contributed by atoms with van der Waals surface area (Å²) in [6, 6.07) is 12.0. The Balaban J connectivity index is 1.71. The molecule has 1 heterocycles. The number of nitrogens with zero attached hydrogens (tertiary/aromatic N) is 1. The molecule has 112 valence electrons. The summed E-state index contributed by atoms with van der Waals surface area (Å²) in [4.78, 5) is 24.5. The summed E-state index contributed by atoms with van der Waals surface area (Å²) in [6.45, 7) is 0.192. The Kier molecular flexibility index (Phi) is 5.69. The second-order valence-electron chi connectivity index (χ2n) is 4.44. The van der Waals surface area contributed by atoms with Crippen molar-refractivity contribution < 1.29 is 14.3 Å². The molecule has 2 rings (SSSR count). The van der Waals surface area contributed by atoms with Crippen molar-refractivity contribution >= 4 is 23.2 Å². The van der Waals surface area contributed by atoms with Crippen LogP contribution < -0.4 is 5.32 Å². The number of hydrogen-bond acceptors (Lipinski definition) is 5. The summed E-state index contributed by atoms with van der Waals surface area (Å²) in [7, 11) is 0. The van der Waals surface area contributed by atoms with Crippen molar-refractivity contribution in [1.82, 2.24) is 5.32 Å². The van der Waals surface area contributed by atoms with Crippen LogP contribution in [0, 0.1) is 11.3 Å². The van der Waals surface area contributed by atoms with Gasteiger partial charge in [-0.25, -0.2) is 4.79 Å². The third kappa shape index (κ3) is 4.72. The molecular weight excluding hydrogens is 300 g/mol. The molecule has 5 nitrogen and oxygen atoms in total. The Morgan fingerprint density at radius 2 is 2.00 bits per heavy atom. The molecule has 0 saturated heterocycles. The molecule has 0 radical (unpaired) electrons. The maximum absolute atomic E-state index is 11.7. The third-order valence-electron chi connectivity index (χ3n) is 2.86. The molecule has 1 amide bonds. The van der Waals surface area contributed by atoms with Crippen LogP contribution in [-0.4, -0.2) is 25.0 Å². The van der Waals surface area contributed by atoms with Crippen LogP contribution in [0.1, 0.15) is 20.8 Å². The number of nitrogens with one attached hydrogen (secondary N) is 1. The van der Waals surface area contributed by atoms with E-state index in [1.165, 1.54) is 29.1 Å². The number of hydrogen-bond donors (Lipinski definition) is 1. The number of esters is 1. The summed E-state index contributed by atoms with van der Waals surface area (Å²) in [5.74, 6) is -0.920. The Hall–Kier alpha value is -2.65. The van der Waals surface area contributed by atoms with E-state index < -0.39 is 5.97 Å². The van der Waals surface area contributed by atoms with Crippen LogP contribution in [0.4, 0.5) is 0 Å². The monoisotopic (exact) mass is 314 g/mol. The number of thiophene rings is 1. The number of nitriles is 1. The highest BCUT2D eigenvalue weighted by atomic mass is 32.1. The molecular formula is C16H14N2O3S. The van der Waals surface area contributed by atoms with E-state index in [1.54, 1.807) is 11.3 Å². The Labute approximate surface area is 132 Å². The zero-order chi connectivity index (χ0) is 15.8. The predicted molar refractivity (Wildman–Crippen MR) is 82.5 cm³/mol. The highest BCUT2D eigenvalue weighted by Gasteiger charge is 2.10. The van der Waals surface area contributed by atoms with E-state index in [9.17, 15) is 9.59 Å². The van der Waals surface area contributed by atoms with Gasteiger partial charge in [-0.2, -0.15) is 5.26 Å². The van der Waals surface area contributed by atoms with E-state index in [0.717, 1.165) is 6.42 Å². The summed E-state index contributed by atoms with van der Waals surface area (Å²) in [5.41, 5.74) is 0.772. The van der Waals surface area contributed by atoms with Gasteiger partial charge in [0.05, 0.1) is 17.2 Å². The first kappa shape index (κ1) is 15.7. The first-order chi connectivity index (χ1) is 10.7. The smallest absolute Gasteiger partial charge is 0.338 e. The van der Waals surface area contributed by atoms with Crippen molar-refractivity contribution in [1.29, 1.82) is 5.26 Å². The van der Waals surface area contributed by atoms with E-state index in [1.807, 2.05) is 23.6 Å². The molecule has 0 atom stereocenters. The van der Waals surface area contributed by atoms with Crippen LogP contribution in [-0.2, 0) is 16.0 Å². The zero-order valence-electron chi connectivity index (χ0n) is 11.7. The lowest BCUT2D eigenvalue weighted by Crippen LogP contribution is -2.30. The average molecular weight is 314 g/mol. The normalized spacial score (nSPS) is 9.77. The van der Waals surface area contributed by atoms with E-state index in [4.69, 9.17) is 10.00 Å². The number of rotatable bonds is 6. The lowest BCUT2D eigenvalue weighted by molar-refractivity contribution is -0.124. The zero-order valence-corrected chi connectivity index (χ0v) is 12.6. The number of carbonyl (C=O) groups excluding carboxylic acids is 2. The van der Waals surface area contributed by atoms with Crippen molar-refractivity contribution in [2.45, 2.75) is 6.42 Å². The molecule has 2 aromatic rings. The summed E-state index contributed by atoms with van der Waals surface area (Å²) in [6.07, 6.45) is 0.757. The fourth-order valence-corrected chi connectivity index (χ4v) is 2.44. The maximum atomic E-state index is 11.7. The van der Waals surface area contributed by atoms with Crippen LogP contribution >= 0.6 is 11.3 Å². The third-order valence-corrected chi connectivity index (χ3v) is 3.79. The van der Waals surface area contributed by atoms with Gasteiger partial charge in [0, 0.05) is 11.4 Å². The topological polar surface area (TPSA) is 79.2 Å². The predicted octanol–water partition coefficient (Wildman–Crippen LogP) is 2.14. The fourth-order valence-electron chi connectivity index (χ4n) is 1.73. The van der Waals surface area contributed by atoms with Crippen molar-refractivity contribution in [3.05, 3.63) is 57.8 Å². The van der Waals surface area contributed by atoms with Gasteiger partial charge in [0.2, 0.25) is 0 Å². The largest absolute Gasteiger partial charge is 0.452 e. The van der Waals surface area contributed by atoms with Gasteiger partial charge in [-0.15, -0.1) is 11.3 Å². The van der Waals surface area contributed by atoms with Crippen LogP contribution in [0.3, 0.4) is 0 Å². The Bertz CT molecular complexity index is 672. The van der Waals surface area contributed by atoms with Gasteiger partial charge in [0.15, 0.2) is 6.61 Å². The minimum absolute atomic E-state index is 0.311. The first-order valence-electron chi connectivity index (χ1n) is 6.65. The Morgan fingerprint density at radius 3 is 2.64 bits per heavy atom. The van der Waals surface area contributed by atoms with Gasteiger partial charge in [-0.1, -0.05) is 6.07 Å². The van der Waals surface area contributed by atoms with Gasteiger partial charge < -0.3 is 10.1 Å². The lowest BCUT2D eigenvalue weighted by Gasteiger charge is -2.06. The highest BCUT2D eigenvalue weighted by molar-refractivity contribution is 7.09. The van der Waals surface area contributed by atoms with Gasteiger partial charge in [0.1, 0.15) is 0 Å². The van der Waals surface area contributed by atoms with Crippen LogP contribution in [0.2, 0.25) is 0 Å². The van der Waals surface area contributed by atoms with E-state index in [2.05, 4.69) is 5.32 Å². The van der Waals surface area contributed by atoms with Crippen molar-refractivity contribution in [2.75, 3.05) is 13.2 Å². The Morgan fingerprint density at radius 1 is 1.23 bits per heavy atom. The molecule has 0 fully saturated rings. The molecule has 1 N–H and O–H groups in total. The van der Waals surface area contributed by atoms with Crippen molar-refractivity contribution in [3.63, 3.8) is 0 Å². The van der Waals surface area contributed by atoms with Gasteiger partial charge in [0.25, 0.3) is 5.91 Å². The lowest BCUT2D eigenvalue weighted by atomic mass is 10.1. The minimum Gasteiger partial charge on any atom is -0.452 e. The molecule has 0 saturated carbocycles. The fraction of sp³-hybridized carbons (Fsp3) is 0.188. The number of ether oxygens (including phenoxy) is 1. The molecule has 0 unspecified atom stereocenters. The summed E-state index contributed by atoms with van der Waals surface area (Å²) < 4.78 is 4.92. The van der Waals surface area contributed by atoms with Gasteiger partial charge in [-0.3, -0.25) is 4.79 Å². The molecule has 6 heteroatoms. The summed E-state index contributed by atoms with van der Waals surface area (Å²) >= 11 is 1.63. The molecule has 0 bridgehead atoms. The molecule has 0 spiro atoms. The molecule has 22 heavy (non-hydrogen) atoms. The summed E-state index contributed by atoms with van der Waals surface area (Å²) in [5, 5.41) is 13.4. The number of carbonyl (C=O) groups is 2. The average Bonchev–Trinajstić information content (AvgIpc) is 3.06. The van der Waals surface area contributed by atoms with Gasteiger partial charge in [-0.05, 0) is 42.1 Å². The van der Waals surface area contributed by atoms with Crippen LogP contribution in [0.15, 0.2) is 41.8 Å². The molecule has 1 aromatic carbocycles. The molecule has 0 aliphatic rings. The maximum Gasteiger partial charge on any atom is 0.338 e.